The van der Waals surface area contributed by atoms with Crippen molar-refractivity contribution in [3.63, 3.8) is 0 Å². The fraction of sp³-hybridized carbons (Fsp3) is 0.850. The van der Waals surface area contributed by atoms with Crippen LogP contribution < -0.4 is 0 Å². The summed E-state index contributed by atoms with van der Waals surface area (Å²) in [6, 6.07) is 0. The quantitative estimate of drug-likeness (QED) is 0.740. The summed E-state index contributed by atoms with van der Waals surface area (Å²) < 4.78 is 0. The number of carbonyl (C=O) groups is 1. The number of allylic oxidation sites excluding steroid dienone is 1. The Hall–Kier alpha value is -0.630. The zero-order chi connectivity index (χ0) is 15.5. The van der Waals surface area contributed by atoms with Gasteiger partial charge in [-0.2, -0.15) is 0 Å². The second-order valence-corrected chi connectivity index (χ2v) is 8.78. The second kappa shape index (κ2) is 5.19. The Morgan fingerprint density at radius 3 is 2.77 bits per heavy atom. The average Bonchev–Trinajstić information content (AvgIpc) is 2.84. The molecule has 0 bridgehead atoms. The van der Waals surface area contributed by atoms with Crippen LogP contribution in [0, 0.1) is 35.0 Å². The Morgan fingerprint density at radius 1 is 1.18 bits per heavy atom. The molecule has 0 unspecified atom stereocenters. The van der Waals surface area contributed by atoms with Gasteiger partial charge in [0, 0.05) is 5.92 Å². The lowest BCUT2D eigenvalue weighted by molar-refractivity contribution is -0.126. The number of aliphatic hydroxyl groups is 1. The van der Waals surface area contributed by atoms with Gasteiger partial charge in [-0.1, -0.05) is 18.6 Å². The van der Waals surface area contributed by atoms with E-state index in [2.05, 4.69) is 13.0 Å². The molecular formula is C20H30O2. The molecule has 7 atom stereocenters. The van der Waals surface area contributed by atoms with Crippen molar-refractivity contribution in [1.82, 2.24) is 0 Å². The molecule has 0 aliphatic heterocycles. The van der Waals surface area contributed by atoms with Gasteiger partial charge in [0.2, 0.25) is 0 Å². The lowest BCUT2D eigenvalue weighted by atomic mass is 9.51. The SMILES string of the molecule is CC(=O)[C@H]1CC[C@H]2[C@@H]3CC=C4C[C@@H](O)CC[C@@H]4[C@H]3CC[C@]12C. The number of hydrogen-bond acceptors (Lipinski definition) is 2. The number of carbonyl (C=O) groups excluding carboxylic acids is 1. The standard InChI is InChI=1S/C20H30O2/c1-12(21)18-7-8-19-17-5-3-13-11-14(22)4-6-15(13)16(17)9-10-20(18,19)2/h3,14-19,22H,4-11H2,1-2H3/t14-,15-,16+,17+,18+,19-,20+/m0/s1. The Balaban J connectivity index is 1.61. The van der Waals surface area contributed by atoms with E-state index >= 15 is 0 Å². The van der Waals surface area contributed by atoms with Crippen LogP contribution in [0.4, 0.5) is 0 Å². The zero-order valence-corrected chi connectivity index (χ0v) is 14.1. The molecule has 1 N–H and O–H groups in total. The summed E-state index contributed by atoms with van der Waals surface area (Å²) in [5, 5.41) is 9.95. The molecule has 4 aliphatic carbocycles. The highest BCUT2D eigenvalue weighted by Gasteiger charge is 2.56. The first kappa shape index (κ1) is 14.9. The maximum atomic E-state index is 12.1. The van der Waals surface area contributed by atoms with Gasteiger partial charge in [0.15, 0.2) is 0 Å². The van der Waals surface area contributed by atoms with Gasteiger partial charge in [0.1, 0.15) is 5.78 Å². The van der Waals surface area contributed by atoms with Crippen LogP contribution in [0.1, 0.15) is 65.2 Å². The molecule has 3 fully saturated rings. The van der Waals surface area contributed by atoms with Crippen LogP contribution in [-0.2, 0) is 4.79 Å². The van der Waals surface area contributed by atoms with Crippen LogP contribution in [0.5, 0.6) is 0 Å². The number of hydrogen-bond donors (Lipinski definition) is 1. The first-order valence-electron chi connectivity index (χ1n) is 9.38. The van der Waals surface area contributed by atoms with E-state index in [1.165, 1.54) is 32.1 Å². The van der Waals surface area contributed by atoms with E-state index in [0.717, 1.165) is 42.9 Å². The Labute approximate surface area is 134 Å². The van der Waals surface area contributed by atoms with Crippen LogP contribution in [-0.4, -0.2) is 17.0 Å². The maximum absolute atomic E-state index is 12.1. The minimum absolute atomic E-state index is 0.0959. The van der Waals surface area contributed by atoms with Crippen molar-refractivity contribution in [3.05, 3.63) is 11.6 Å². The Bertz CT molecular complexity index is 508. The number of fused-ring (bicyclic) bond motifs is 5. The molecule has 22 heavy (non-hydrogen) atoms. The molecule has 0 aromatic heterocycles. The van der Waals surface area contributed by atoms with Gasteiger partial charge >= 0.3 is 0 Å². The fourth-order valence-electron chi connectivity index (χ4n) is 6.92. The van der Waals surface area contributed by atoms with E-state index in [1.54, 1.807) is 5.57 Å². The third-order valence-electron chi connectivity index (χ3n) is 7.91. The van der Waals surface area contributed by atoms with E-state index in [1.807, 2.05) is 6.92 Å². The van der Waals surface area contributed by atoms with E-state index in [-0.39, 0.29) is 11.5 Å². The molecule has 2 heteroatoms. The molecule has 0 aromatic rings. The van der Waals surface area contributed by atoms with Crippen LogP contribution in [0.25, 0.3) is 0 Å². The molecule has 4 rings (SSSR count). The van der Waals surface area contributed by atoms with Crippen molar-refractivity contribution in [2.45, 2.75) is 71.3 Å². The van der Waals surface area contributed by atoms with Crippen molar-refractivity contribution in [3.8, 4) is 0 Å². The molecule has 122 valence electrons. The summed E-state index contributed by atoms with van der Waals surface area (Å²) in [6.07, 6.45) is 11.6. The summed E-state index contributed by atoms with van der Waals surface area (Å²) in [6.45, 7) is 4.22. The van der Waals surface area contributed by atoms with Crippen LogP contribution in [0.15, 0.2) is 11.6 Å². The summed E-state index contributed by atoms with van der Waals surface area (Å²) in [7, 11) is 0. The number of ketones is 1. The molecule has 0 aromatic carbocycles. The van der Waals surface area contributed by atoms with Crippen molar-refractivity contribution < 1.29 is 9.90 Å². The van der Waals surface area contributed by atoms with E-state index in [0.29, 0.717) is 11.7 Å². The minimum atomic E-state index is -0.0959. The predicted molar refractivity (Wildman–Crippen MR) is 87.3 cm³/mol. The van der Waals surface area contributed by atoms with Gasteiger partial charge in [0.05, 0.1) is 6.10 Å². The number of aliphatic hydroxyl groups excluding tert-OH is 1. The van der Waals surface area contributed by atoms with Gasteiger partial charge in [0.25, 0.3) is 0 Å². The fourth-order valence-corrected chi connectivity index (χ4v) is 6.92. The van der Waals surface area contributed by atoms with E-state index in [4.69, 9.17) is 0 Å². The molecule has 0 amide bonds. The lowest BCUT2D eigenvalue weighted by Gasteiger charge is -2.53. The molecule has 0 heterocycles. The van der Waals surface area contributed by atoms with Crippen LogP contribution in [0.3, 0.4) is 0 Å². The Kier molecular flexibility index (Phi) is 3.52. The summed E-state index contributed by atoms with van der Waals surface area (Å²) >= 11 is 0. The summed E-state index contributed by atoms with van der Waals surface area (Å²) in [5.41, 5.74) is 1.83. The largest absolute Gasteiger partial charge is 0.393 e. The van der Waals surface area contributed by atoms with Gasteiger partial charge in [-0.15, -0.1) is 0 Å². The number of rotatable bonds is 1. The smallest absolute Gasteiger partial charge is 0.133 e. The monoisotopic (exact) mass is 302 g/mol. The molecule has 4 aliphatic rings. The normalized spacial score (nSPS) is 50.6. The highest BCUT2D eigenvalue weighted by atomic mass is 16.3. The molecule has 2 nitrogen and oxygen atoms in total. The van der Waals surface area contributed by atoms with Crippen molar-refractivity contribution in [2.24, 2.45) is 35.0 Å². The average molecular weight is 302 g/mol. The third kappa shape index (κ3) is 2.06. The lowest BCUT2D eigenvalue weighted by Crippen LogP contribution is -2.47. The Morgan fingerprint density at radius 2 is 2.00 bits per heavy atom. The van der Waals surface area contributed by atoms with Crippen molar-refractivity contribution in [2.75, 3.05) is 0 Å². The first-order chi connectivity index (χ1) is 10.5. The first-order valence-corrected chi connectivity index (χ1v) is 9.38. The second-order valence-electron chi connectivity index (χ2n) is 8.78. The minimum Gasteiger partial charge on any atom is -0.393 e. The summed E-state index contributed by atoms with van der Waals surface area (Å²) in [4.78, 5) is 12.1. The highest BCUT2D eigenvalue weighted by Crippen LogP contribution is 2.63. The van der Waals surface area contributed by atoms with Crippen LogP contribution >= 0.6 is 0 Å². The van der Waals surface area contributed by atoms with E-state index in [9.17, 15) is 9.90 Å². The molecule has 0 spiro atoms. The van der Waals surface area contributed by atoms with Gasteiger partial charge in [-0.05, 0) is 87.4 Å². The number of Topliss-reactive ketones (excluding diaryl/α,β-unsaturated/α-hetero) is 1. The van der Waals surface area contributed by atoms with Crippen molar-refractivity contribution >= 4 is 5.78 Å². The topological polar surface area (TPSA) is 37.3 Å². The van der Waals surface area contributed by atoms with Gasteiger partial charge in [-0.25, -0.2) is 0 Å². The zero-order valence-electron chi connectivity index (χ0n) is 14.1. The third-order valence-corrected chi connectivity index (χ3v) is 7.91. The maximum Gasteiger partial charge on any atom is 0.133 e. The molecule has 0 saturated heterocycles. The predicted octanol–water partition coefficient (Wildman–Crippen LogP) is 4.13. The van der Waals surface area contributed by atoms with Gasteiger partial charge < -0.3 is 5.11 Å². The van der Waals surface area contributed by atoms with Crippen molar-refractivity contribution in [1.29, 1.82) is 0 Å². The van der Waals surface area contributed by atoms with Crippen LogP contribution in [0.2, 0.25) is 0 Å². The molecule has 0 radical (unpaired) electrons. The highest BCUT2D eigenvalue weighted by molar-refractivity contribution is 5.79. The summed E-state index contributed by atoms with van der Waals surface area (Å²) in [5.74, 6) is 3.87. The molecular weight excluding hydrogens is 272 g/mol. The molecule has 3 saturated carbocycles. The van der Waals surface area contributed by atoms with Gasteiger partial charge in [-0.3, -0.25) is 4.79 Å². The van der Waals surface area contributed by atoms with E-state index < -0.39 is 0 Å².